The number of hydrogen-bond donors (Lipinski definition) is 1. The maximum absolute atomic E-state index is 5.50. The Kier molecular flexibility index (Phi) is 5.44. The summed E-state index contributed by atoms with van der Waals surface area (Å²) in [6.07, 6.45) is 2.81. The van der Waals surface area contributed by atoms with Gasteiger partial charge in [0.25, 0.3) is 0 Å². The largest absolute Gasteiger partial charge is 0.496 e. The van der Waals surface area contributed by atoms with Gasteiger partial charge in [-0.3, -0.25) is 0 Å². The fraction of sp³-hybridized carbons (Fsp3) is 0.647. The molecule has 1 aliphatic carbocycles. The molecular weight excluding hydrogens is 248 g/mol. The molecule has 1 aliphatic rings. The molecule has 0 radical (unpaired) electrons. The Morgan fingerprint density at radius 3 is 2.70 bits per heavy atom. The van der Waals surface area contributed by atoms with Crippen LogP contribution in [0.15, 0.2) is 18.2 Å². The van der Waals surface area contributed by atoms with Crippen molar-refractivity contribution in [2.75, 3.05) is 20.7 Å². The molecule has 0 atom stereocenters. The third-order valence-corrected chi connectivity index (χ3v) is 3.77. The first-order chi connectivity index (χ1) is 9.58. The number of methoxy groups -OCH3 is 1. The minimum atomic E-state index is 0.512. The van der Waals surface area contributed by atoms with Crippen molar-refractivity contribution in [1.82, 2.24) is 10.2 Å². The van der Waals surface area contributed by atoms with Gasteiger partial charge in [-0.1, -0.05) is 19.9 Å². The van der Waals surface area contributed by atoms with Gasteiger partial charge in [-0.15, -0.1) is 0 Å². The van der Waals surface area contributed by atoms with E-state index in [4.69, 9.17) is 4.74 Å². The second kappa shape index (κ2) is 7.09. The summed E-state index contributed by atoms with van der Waals surface area (Å²) in [5.74, 6) is 1.93. The number of hydrogen-bond acceptors (Lipinski definition) is 3. The molecule has 1 fully saturated rings. The van der Waals surface area contributed by atoms with E-state index in [1.807, 2.05) is 0 Å². The predicted molar refractivity (Wildman–Crippen MR) is 84.0 cm³/mol. The van der Waals surface area contributed by atoms with Crippen LogP contribution in [0.5, 0.6) is 5.75 Å². The first-order valence-corrected chi connectivity index (χ1v) is 7.66. The van der Waals surface area contributed by atoms with E-state index in [9.17, 15) is 0 Å². The highest BCUT2D eigenvalue weighted by molar-refractivity contribution is 5.37. The van der Waals surface area contributed by atoms with Gasteiger partial charge in [-0.05, 0) is 43.5 Å². The smallest absolute Gasteiger partial charge is 0.123 e. The number of nitrogens with zero attached hydrogens (tertiary/aromatic N) is 1. The third-order valence-electron chi connectivity index (χ3n) is 3.77. The van der Waals surface area contributed by atoms with Crippen LogP contribution in [-0.2, 0) is 13.1 Å². The zero-order chi connectivity index (χ0) is 14.5. The molecule has 3 heteroatoms. The van der Waals surface area contributed by atoms with Crippen molar-refractivity contribution in [3.8, 4) is 5.75 Å². The van der Waals surface area contributed by atoms with Gasteiger partial charge < -0.3 is 15.0 Å². The minimum Gasteiger partial charge on any atom is -0.496 e. The lowest BCUT2D eigenvalue weighted by atomic mass is 10.1. The molecule has 112 valence electrons. The molecule has 0 aliphatic heterocycles. The number of nitrogens with one attached hydrogen (secondary N) is 1. The summed E-state index contributed by atoms with van der Waals surface area (Å²) in [5, 5.41) is 3.47. The molecule has 2 rings (SSSR count). The maximum atomic E-state index is 5.50. The molecule has 3 nitrogen and oxygen atoms in total. The normalized spacial score (nSPS) is 15.1. The molecule has 1 N–H and O–H groups in total. The SMILES string of the molecule is COc1ccc(CNC(C)C)cc1CN(C)CC1CC1. The summed E-state index contributed by atoms with van der Waals surface area (Å²) in [6, 6.07) is 7.03. The Labute approximate surface area is 123 Å². The summed E-state index contributed by atoms with van der Waals surface area (Å²) in [5.41, 5.74) is 2.62. The van der Waals surface area contributed by atoms with Crippen LogP contribution in [0.4, 0.5) is 0 Å². The monoisotopic (exact) mass is 276 g/mol. The molecule has 0 aromatic heterocycles. The lowest BCUT2D eigenvalue weighted by Crippen LogP contribution is -2.23. The Morgan fingerprint density at radius 1 is 1.35 bits per heavy atom. The van der Waals surface area contributed by atoms with E-state index in [0.717, 1.165) is 24.8 Å². The summed E-state index contributed by atoms with van der Waals surface area (Å²) in [4.78, 5) is 2.41. The van der Waals surface area contributed by atoms with Crippen molar-refractivity contribution in [2.24, 2.45) is 5.92 Å². The van der Waals surface area contributed by atoms with Crippen LogP contribution in [-0.4, -0.2) is 31.6 Å². The Bertz CT molecular complexity index is 427. The van der Waals surface area contributed by atoms with E-state index in [-0.39, 0.29) is 0 Å². The number of ether oxygens (including phenoxy) is 1. The highest BCUT2D eigenvalue weighted by Crippen LogP contribution is 2.30. The average molecular weight is 276 g/mol. The van der Waals surface area contributed by atoms with Crippen molar-refractivity contribution in [3.63, 3.8) is 0 Å². The third kappa shape index (κ3) is 4.80. The van der Waals surface area contributed by atoms with Gasteiger partial charge in [0.2, 0.25) is 0 Å². The van der Waals surface area contributed by atoms with E-state index < -0.39 is 0 Å². The molecule has 0 bridgehead atoms. The van der Waals surface area contributed by atoms with E-state index >= 15 is 0 Å². The van der Waals surface area contributed by atoms with Crippen LogP contribution in [0.1, 0.15) is 37.8 Å². The van der Waals surface area contributed by atoms with Crippen LogP contribution in [0, 0.1) is 5.92 Å². The Balaban J connectivity index is 2.00. The summed E-state index contributed by atoms with van der Waals surface area (Å²) >= 11 is 0. The van der Waals surface area contributed by atoms with Crippen molar-refractivity contribution in [2.45, 2.75) is 45.8 Å². The minimum absolute atomic E-state index is 0.512. The lowest BCUT2D eigenvalue weighted by Gasteiger charge is -2.19. The fourth-order valence-corrected chi connectivity index (χ4v) is 2.48. The molecule has 1 saturated carbocycles. The standard InChI is InChI=1S/C17H28N2O/c1-13(2)18-10-15-7-8-17(20-4)16(9-15)12-19(3)11-14-5-6-14/h7-9,13-14,18H,5-6,10-12H2,1-4H3. The van der Waals surface area contributed by atoms with Crippen LogP contribution >= 0.6 is 0 Å². The number of rotatable bonds is 8. The predicted octanol–water partition coefficient (Wildman–Crippen LogP) is 3.04. The molecule has 0 saturated heterocycles. The molecule has 0 amide bonds. The molecule has 0 heterocycles. The molecule has 1 aromatic carbocycles. The van der Waals surface area contributed by atoms with Crippen LogP contribution < -0.4 is 10.1 Å². The molecule has 1 aromatic rings. The van der Waals surface area contributed by atoms with Gasteiger partial charge in [0.1, 0.15) is 5.75 Å². The van der Waals surface area contributed by atoms with Gasteiger partial charge in [0.05, 0.1) is 7.11 Å². The van der Waals surface area contributed by atoms with Gasteiger partial charge >= 0.3 is 0 Å². The Hall–Kier alpha value is -1.06. The Morgan fingerprint density at radius 2 is 2.10 bits per heavy atom. The van der Waals surface area contributed by atoms with Crippen LogP contribution in [0.3, 0.4) is 0 Å². The zero-order valence-electron chi connectivity index (χ0n) is 13.3. The van der Waals surface area contributed by atoms with Crippen molar-refractivity contribution in [3.05, 3.63) is 29.3 Å². The van der Waals surface area contributed by atoms with Gasteiger partial charge in [0.15, 0.2) is 0 Å². The van der Waals surface area contributed by atoms with Crippen molar-refractivity contribution in [1.29, 1.82) is 0 Å². The van der Waals surface area contributed by atoms with Gasteiger partial charge in [-0.25, -0.2) is 0 Å². The van der Waals surface area contributed by atoms with Crippen LogP contribution in [0.2, 0.25) is 0 Å². The summed E-state index contributed by atoms with van der Waals surface area (Å²) in [6.45, 7) is 7.44. The summed E-state index contributed by atoms with van der Waals surface area (Å²) < 4.78 is 5.50. The van der Waals surface area contributed by atoms with E-state index in [1.54, 1.807) is 7.11 Å². The fourth-order valence-electron chi connectivity index (χ4n) is 2.48. The molecular formula is C17H28N2O. The average Bonchev–Trinajstić information content (AvgIpc) is 3.20. The quantitative estimate of drug-likeness (QED) is 0.790. The van der Waals surface area contributed by atoms with Crippen molar-refractivity contribution >= 4 is 0 Å². The van der Waals surface area contributed by atoms with Crippen LogP contribution in [0.25, 0.3) is 0 Å². The van der Waals surface area contributed by atoms with Crippen molar-refractivity contribution < 1.29 is 4.74 Å². The molecule has 20 heavy (non-hydrogen) atoms. The first kappa shape index (κ1) is 15.3. The van der Waals surface area contributed by atoms with Gasteiger partial charge in [-0.2, -0.15) is 0 Å². The first-order valence-electron chi connectivity index (χ1n) is 7.66. The lowest BCUT2D eigenvalue weighted by molar-refractivity contribution is 0.305. The zero-order valence-corrected chi connectivity index (χ0v) is 13.3. The summed E-state index contributed by atoms with van der Waals surface area (Å²) in [7, 11) is 3.96. The second-order valence-electron chi connectivity index (χ2n) is 6.32. The van der Waals surface area contributed by atoms with E-state index in [1.165, 1.54) is 30.5 Å². The van der Waals surface area contributed by atoms with E-state index in [0.29, 0.717) is 6.04 Å². The molecule has 0 spiro atoms. The topological polar surface area (TPSA) is 24.5 Å². The maximum Gasteiger partial charge on any atom is 0.123 e. The molecule has 0 unspecified atom stereocenters. The number of benzene rings is 1. The van der Waals surface area contributed by atoms with E-state index in [2.05, 4.69) is 49.3 Å². The van der Waals surface area contributed by atoms with Gasteiger partial charge in [0, 0.05) is 31.2 Å². The highest BCUT2D eigenvalue weighted by atomic mass is 16.5. The highest BCUT2D eigenvalue weighted by Gasteiger charge is 2.23. The second-order valence-corrected chi connectivity index (χ2v) is 6.32.